The lowest BCUT2D eigenvalue weighted by Gasteiger charge is -2.47. The van der Waals surface area contributed by atoms with Gasteiger partial charge >= 0.3 is 0 Å². The van der Waals surface area contributed by atoms with Crippen LogP contribution in [0, 0.1) is 0 Å². The maximum Gasteiger partial charge on any atom is 0.0484 e. The molecule has 16 heavy (non-hydrogen) atoms. The first kappa shape index (κ1) is 12.3. The lowest BCUT2D eigenvalue weighted by molar-refractivity contribution is 0.0186. The number of nitrogens with zero attached hydrogens (tertiary/aromatic N) is 1. The summed E-state index contributed by atoms with van der Waals surface area (Å²) in [4.78, 5) is 2.68. The average molecular weight is 226 g/mol. The topological polar surface area (TPSA) is 38.5 Å². The Morgan fingerprint density at radius 2 is 1.94 bits per heavy atom. The summed E-state index contributed by atoms with van der Waals surface area (Å²) in [7, 11) is 0. The second-order valence-corrected chi connectivity index (χ2v) is 5.96. The highest BCUT2D eigenvalue weighted by atomic mass is 16.5. The maximum absolute atomic E-state index is 6.11. The predicted molar refractivity (Wildman–Crippen MR) is 66.5 cm³/mol. The van der Waals surface area contributed by atoms with Crippen molar-refractivity contribution < 1.29 is 4.74 Å². The van der Waals surface area contributed by atoms with Crippen LogP contribution in [0.2, 0.25) is 0 Å². The van der Waals surface area contributed by atoms with Crippen molar-refractivity contribution in [3.63, 3.8) is 0 Å². The van der Waals surface area contributed by atoms with Crippen LogP contribution >= 0.6 is 0 Å². The molecule has 0 amide bonds. The van der Waals surface area contributed by atoms with Crippen LogP contribution in [0.3, 0.4) is 0 Å². The average Bonchev–Trinajstić information content (AvgIpc) is 2.51. The first-order valence-corrected chi connectivity index (χ1v) is 6.66. The number of likely N-dealkylation sites (tertiary alicyclic amines) is 1. The third kappa shape index (κ3) is 2.13. The molecule has 2 rings (SSSR count). The smallest absolute Gasteiger partial charge is 0.0484 e. The molecule has 1 atom stereocenters. The number of ether oxygens (including phenoxy) is 1. The number of nitrogens with two attached hydrogens (primary N) is 1. The van der Waals surface area contributed by atoms with Gasteiger partial charge in [-0.1, -0.05) is 0 Å². The van der Waals surface area contributed by atoms with E-state index in [0.29, 0.717) is 5.54 Å². The van der Waals surface area contributed by atoms with E-state index in [2.05, 4.69) is 18.7 Å². The Bertz CT molecular complexity index is 232. The highest BCUT2D eigenvalue weighted by Crippen LogP contribution is 2.39. The van der Waals surface area contributed by atoms with Crippen LogP contribution in [0.1, 0.15) is 46.0 Å². The Balaban J connectivity index is 2.18. The van der Waals surface area contributed by atoms with E-state index in [4.69, 9.17) is 10.5 Å². The molecule has 3 heteroatoms. The van der Waals surface area contributed by atoms with Crippen molar-refractivity contribution in [1.82, 2.24) is 4.90 Å². The fraction of sp³-hybridized carbons (Fsp3) is 1.00. The fourth-order valence-corrected chi connectivity index (χ4v) is 3.56. The Morgan fingerprint density at radius 3 is 2.56 bits per heavy atom. The number of hydrogen-bond acceptors (Lipinski definition) is 3. The minimum absolute atomic E-state index is 0.205. The Labute approximate surface area is 99.3 Å². The Hall–Kier alpha value is -0.120. The summed E-state index contributed by atoms with van der Waals surface area (Å²) in [5.41, 5.74) is 6.64. The fourth-order valence-electron chi connectivity index (χ4n) is 3.56. The van der Waals surface area contributed by atoms with Gasteiger partial charge < -0.3 is 10.5 Å². The van der Waals surface area contributed by atoms with Gasteiger partial charge in [0.05, 0.1) is 0 Å². The molecule has 2 aliphatic heterocycles. The van der Waals surface area contributed by atoms with E-state index in [1.807, 2.05) is 0 Å². The molecule has 0 aliphatic carbocycles. The van der Waals surface area contributed by atoms with Crippen molar-refractivity contribution in [2.45, 2.75) is 57.0 Å². The molecule has 0 saturated carbocycles. The van der Waals surface area contributed by atoms with E-state index in [-0.39, 0.29) is 5.54 Å². The van der Waals surface area contributed by atoms with Crippen LogP contribution in [-0.4, -0.2) is 42.3 Å². The SMILES string of the molecule is CC1(C)CCCN1C1(CN)CCCOCC1. The Morgan fingerprint density at radius 1 is 1.12 bits per heavy atom. The van der Waals surface area contributed by atoms with Crippen molar-refractivity contribution >= 4 is 0 Å². The van der Waals surface area contributed by atoms with Gasteiger partial charge in [0.1, 0.15) is 0 Å². The van der Waals surface area contributed by atoms with E-state index in [0.717, 1.165) is 32.6 Å². The lowest BCUT2D eigenvalue weighted by Crippen LogP contribution is -2.59. The molecule has 0 spiro atoms. The quantitative estimate of drug-likeness (QED) is 0.780. The first-order valence-electron chi connectivity index (χ1n) is 6.66. The molecule has 2 fully saturated rings. The van der Waals surface area contributed by atoms with E-state index >= 15 is 0 Å². The molecule has 3 nitrogen and oxygen atoms in total. The van der Waals surface area contributed by atoms with Gasteiger partial charge in [-0.3, -0.25) is 4.90 Å². The third-order valence-corrected chi connectivity index (χ3v) is 4.50. The molecule has 94 valence electrons. The summed E-state index contributed by atoms with van der Waals surface area (Å²) in [6.45, 7) is 8.51. The first-order chi connectivity index (χ1) is 7.61. The molecule has 2 heterocycles. The molecule has 0 aromatic heterocycles. The molecule has 1 unspecified atom stereocenters. The standard InChI is InChI=1S/C13H26N2O/c1-12(2)5-3-8-15(12)13(11-14)6-4-9-16-10-7-13/h3-11,14H2,1-2H3. The molecular formula is C13H26N2O. The van der Waals surface area contributed by atoms with Crippen molar-refractivity contribution in [1.29, 1.82) is 0 Å². The van der Waals surface area contributed by atoms with Crippen molar-refractivity contribution in [3.05, 3.63) is 0 Å². The summed E-state index contributed by atoms with van der Waals surface area (Å²) >= 11 is 0. The van der Waals surface area contributed by atoms with Gasteiger partial charge in [-0.25, -0.2) is 0 Å². The molecule has 0 aromatic rings. The highest BCUT2D eigenvalue weighted by molar-refractivity contribution is 5.02. The molecule has 2 saturated heterocycles. The van der Waals surface area contributed by atoms with E-state index in [9.17, 15) is 0 Å². The van der Waals surface area contributed by atoms with Gasteiger partial charge in [0.15, 0.2) is 0 Å². The van der Waals surface area contributed by atoms with Crippen molar-refractivity contribution in [2.24, 2.45) is 5.73 Å². The molecule has 2 aliphatic rings. The van der Waals surface area contributed by atoms with Gasteiger partial charge in [-0.2, -0.15) is 0 Å². The van der Waals surface area contributed by atoms with E-state index < -0.39 is 0 Å². The third-order valence-electron chi connectivity index (χ3n) is 4.50. The normalized spacial score (nSPS) is 36.2. The van der Waals surface area contributed by atoms with Gasteiger partial charge in [-0.05, 0) is 52.5 Å². The van der Waals surface area contributed by atoms with Crippen LogP contribution in [0.15, 0.2) is 0 Å². The zero-order valence-electron chi connectivity index (χ0n) is 10.8. The largest absolute Gasteiger partial charge is 0.381 e. The second kappa shape index (κ2) is 4.63. The molecule has 2 N–H and O–H groups in total. The van der Waals surface area contributed by atoms with Gasteiger partial charge in [0, 0.05) is 30.8 Å². The monoisotopic (exact) mass is 226 g/mol. The zero-order valence-corrected chi connectivity index (χ0v) is 10.8. The minimum atomic E-state index is 0.205. The minimum Gasteiger partial charge on any atom is -0.381 e. The second-order valence-electron chi connectivity index (χ2n) is 5.96. The molecule has 0 aromatic carbocycles. The van der Waals surface area contributed by atoms with Gasteiger partial charge in [0.25, 0.3) is 0 Å². The zero-order chi connectivity index (χ0) is 11.6. The lowest BCUT2D eigenvalue weighted by atomic mass is 9.85. The predicted octanol–water partition coefficient (Wildman–Crippen LogP) is 1.76. The van der Waals surface area contributed by atoms with E-state index in [1.165, 1.54) is 25.8 Å². The maximum atomic E-state index is 6.11. The van der Waals surface area contributed by atoms with Gasteiger partial charge in [0.2, 0.25) is 0 Å². The molecule has 0 radical (unpaired) electrons. The van der Waals surface area contributed by atoms with Crippen LogP contribution in [0.25, 0.3) is 0 Å². The summed E-state index contributed by atoms with van der Waals surface area (Å²) in [6.07, 6.45) is 6.08. The van der Waals surface area contributed by atoms with Crippen LogP contribution < -0.4 is 5.73 Å². The number of hydrogen-bond donors (Lipinski definition) is 1. The molecule has 0 bridgehead atoms. The van der Waals surface area contributed by atoms with Gasteiger partial charge in [-0.15, -0.1) is 0 Å². The summed E-state index contributed by atoms with van der Waals surface area (Å²) < 4.78 is 5.60. The number of rotatable bonds is 2. The summed E-state index contributed by atoms with van der Waals surface area (Å²) in [5, 5.41) is 0. The van der Waals surface area contributed by atoms with Crippen LogP contribution in [0.4, 0.5) is 0 Å². The van der Waals surface area contributed by atoms with E-state index in [1.54, 1.807) is 0 Å². The highest BCUT2D eigenvalue weighted by Gasteiger charge is 2.45. The van der Waals surface area contributed by atoms with Crippen LogP contribution in [0.5, 0.6) is 0 Å². The van der Waals surface area contributed by atoms with Crippen molar-refractivity contribution in [3.8, 4) is 0 Å². The molecular weight excluding hydrogens is 200 g/mol. The summed E-state index contributed by atoms with van der Waals surface area (Å²) in [5.74, 6) is 0. The summed E-state index contributed by atoms with van der Waals surface area (Å²) in [6, 6.07) is 0. The Kier molecular flexibility index (Phi) is 3.57. The van der Waals surface area contributed by atoms with Crippen LogP contribution in [-0.2, 0) is 4.74 Å². The van der Waals surface area contributed by atoms with Crippen molar-refractivity contribution in [2.75, 3.05) is 26.3 Å².